The minimum absolute atomic E-state index is 0.0454. The van der Waals surface area contributed by atoms with Crippen LogP contribution < -0.4 is 5.32 Å². The Bertz CT molecular complexity index is 703. The van der Waals surface area contributed by atoms with E-state index in [-0.39, 0.29) is 11.7 Å². The largest absolute Gasteiger partial charge is 0.325 e. The first-order chi connectivity index (χ1) is 12.2. The molecule has 2 aromatic rings. The second kappa shape index (κ2) is 9.27. The van der Waals surface area contributed by atoms with Crippen LogP contribution in [0.3, 0.4) is 0 Å². The van der Waals surface area contributed by atoms with Crippen molar-refractivity contribution >= 4 is 35.1 Å². The van der Waals surface area contributed by atoms with Gasteiger partial charge in [0.2, 0.25) is 5.91 Å². The van der Waals surface area contributed by atoms with Crippen molar-refractivity contribution in [1.29, 1.82) is 0 Å². The van der Waals surface area contributed by atoms with Crippen molar-refractivity contribution in [2.24, 2.45) is 0 Å². The lowest BCUT2D eigenvalue weighted by Crippen LogP contribution is -2.32. The molecule has 0 unspecified atom stereocenters. The molecule has 1 aliphatic rings. The fraction of sp³-hybridized carbons (Fsp3) is 0.316. The van der Waals surface area contributed by atoms with Crippen molar-refractivity contribution in [1.82, 2.24) is 4.90 Å². The standard InChI is InChI=1S/C19H21FN2OS2/c20-16-5-7-17(8-6-16)25-14-19(23)21-18-4-2-1-3-15(18)13-22-9-11-24-12-10-22/h1-8H,9-14H2,(H,21,23). The molecule has 1 N–H and O–H groups in total. The number of nitrogens with zero attached hydrogens (tertiary/aromatic N) is 1. The smallest absolute Gasteiger partial charge is 0.234 e. The van der Waals surface area contributed by atoms with Gasteiger partial charge in [0.15, 0.2) is 0 Å². The van der Waals surface area contributed by atoms with Crippen LogP contribution in [0.25, 0.3) is 0 Å². The Morgan fingerprint density at radius 2 is 1.84 bits per heavy atom. The van der Waals surface area contributed by atoms with Crippen LogP contribution in [0.4, 0.5) is 10.1 Å². The quantitative estimate of drug-likeness (QED) is 0.769. The van der Waals surface area contributed by atoms with Gasteiger partial charge < -0.3 is 5.32 Å². The maximum atomic E-state index is 12.9. The Balaban J connectivity index is 1.56. The van der Waals surface area contributed by atoms with Gasteiger partial charge in [-0.3, -0.25) is 9.69 Å². The summed E-state index contributed by atoms with van der Waals surface area (Å²) in [5, 5.41) is 3.02. The lowest BCUT2D eigenvalue weighted by atomic mass is 10.1. The Labute approximate surface area is 156 Å². The van der Waals surface area contributed by atoms with E-state index in [2.05, 4.69) is 16.3 Å². The molecule has 1 saturated heterocycles. The predicted molar refractivity (Wildman–Crippen MR) is 105 cm³/mol. The summed E-state index contributed by atoms with van der Waals surface area (Å²) in [5.74, 6) is 2.33. The van der Waals surface area contributed by atoms with Gasteiger partial charge in [0, 0.05) is 41.7 Å². The lowest BCUT2D eigenvalue weighted by Gasteiger charge is -2.27. The molecule has 0 spiro atoms. The molecule has 1 aliphatic heterocycles. The van der Waals surface area contributed by atoms with Crippen LogP contribution in [0.2, 0.25) is 0 Å². The van der Waals surface area contributed by atoms with Crippen LogP contribution in [0.15, 0.2) is 53.4 Å². The van der Waals surface area contributed by atoms with Crippen LogP contribution >= 0.6 is 23.5 Å². The molecule has 2 aromatic carbocycles. The minimum Gasteiger partial charge on any atom is -0.325 e. The monoisotopic (exact) mass is 376 g/mol. The van der Waals surface area contributed by atoms with Crippen molar-refractivity contribution < 1.29 is 9.18 Å². The average molecular weight is 377 g/mol. The summed E-state index contributed by atoms with van der Waals surface area (Å²) in [5.41, 5.74) is 2.03. The third-order valence-corrected chi connectivity index (χ3v) is 5.93. The molecule has 1 fully saturated rings. The summed E-state index contributed by atoms with van der Waals surface area (Å²) in [6.07, 6.45) is 0. The van der Waals surface area contributed by atoms with Gasteiger partial charge in [0.05, 0.1) is 5.75 Å². The summed E-state index contributed by atoms with van der Waals surface area (Å²) in [6.45, 7) is 3.04. The van der Waals surface area contributed by atoms with E-state index in [1.807, 2.05) is 30.0 Å². The molecule has 6 heteroatoms. The van der Waals surface area contributed by atoms with Crippen molar-refractivity contribution in [2.75, 3.05) is 35.7 Å². The van der Waals surface area contributed by atoms with Gasteiger partial charge in [-0.2, -0.15) is 11.8 Å². The molecule has 3 rings (SSSR count). The second-order valence-corrected chi connectivity index (χ2v) is 8.11. The van der Waals surface area contributed by atoms with Gasteiger partial charge in [-0.05, 0) is 35.9 Å². The van der Waals surface area contributed by atoms with Gasteiger partial charge in [-0.25, -0.2) is 4.39 Å². The van der Waals surface area contributed by atoms with E-state index in [4.69, 9.17) is 0 Å². The minimum atomic E-state index is -0.265. The highest BCUT2D eigenvalue weighted by Crippen LogP contribution is 2.21. The molecule has 132 valence electrons. The molecule has 0 atom stereocenters. The number of carbonyl (C=O) groups is 1. The number of halogens is 1. The highest BCUT2D eigenvalue weighted by Gasteiger charge is 2.13. The Morgan fingerprint density at radius 3 is 2.60 bits per heavy atom. The highest BCUT2D eigenvalue weighted by molar-refractivity contribution is 8.00. The van der Waals surface area contributed by atoms with E-state index in [0.717, 1.165) is 35.8 Å². The van der Waals surface area contributed by atoms with Crippen LogP contribution in [0.1, 0.15) is 5.56 Å². The van der Waals surface area contributed by atoms with E-state index in [9.17, 15) is 9.18 Å². The SMILES string of the molecule is O=C(CSc1ccc(F)cc1)Nc1ccccc1CN1CCSCC1. The van der Waals surface area contributed by atoms with Crippen molar-refractivity contribution in [2.45, 2.75) is 11.4 Å². The maximum Gasteiger partial charge on any atom is 0.234 e. The number of carbonyl (C=O) groups excluding carboxylic acids is 1. The summed E-state index contributed by atoms with van der Waals surface area (Å²) in [7, 11) is 0. The van der Waals surface area contributed by atoms with Crippen molar-refractivity contribution in [3.8, 4) is 0 Å². The van der Waals surface area contributed by atoms with Crippen molar-refractivity contribution in [3.63, 3.8) is 0 Å². The van der Waals surface area contributed by atoms with Gasteiger partial charge in [0.1, 0.15) is 5.82 Å². The van der Waals surface area contributed by atoms with Crippen LogP contribution in [-0.2, 0) is 11.3 Å². The fourth-order valence-corrected chi connectivity index (χ4v) is 4.32. The summed E-state index contributed by atoms with van der Waals surface area (Å²) in [4.78, 5) is 15.6. The first kappa shape index (κ1) is 18.3. The van der Waals surface area contributed by atoms with E-state index < -0.39 is 0 Å². The first-order valence-corrected chi connectivity index (χ1v) is 10.4. The van der Waals surface area contributed by atoms with E-state index in [0.29, 0.717) is 5.75 Å². The maximum absolute atomic E-state index is 12.9. The number of benzene rings is 2. The van der Waals surface area contributed by atoms with Gasteiger partial charge in [-0.15, -0.1) is 11.8 Å². The number of thioether (sulfide) groups is 2. The number of hydrogen-bond donors (Lipinski definition) is 1. The second-order valence-electron chi connectivity index (χ2n) is 5.84. The molecule has 0 aliphatic carbocycles. The Kier molecular flexibility index (Phi) is 6.78. The van der Waals surface area contributed by atoms with Crippen LogP contribution in [-0.4, -0.2) is 41.2 Å². The molecule has 1 amide bonds. The number of amides is 1. The van der Waals surface area contributed by atoms with Crippen LogP contribution in [0, 0.1) is 5.82 Å². The highest BCUT2D eigenvalue weighted by atomic mass is 32.2. The normalized spacial score (nSPS) is 15.1. The van der Waals surface area contributed by atoms with Crippen molar-refractivity contribution in [3.05, 3.63) is 59.9 Å². The molecule has 25 heavy (non-hydrogen) atoms. The van der Waals surface area contributed by atoms with Gasteiger partial charge in [0.25, 0.3) is 0 Å². The van der Waals surface area contributed by atoms with Crippen LogP contribution in [0.5, 0.6) is 0 Å². The molecule has 0 radical (unpaired) electrons. The molecule has 1 heterocycles. The Morgan fingerprint density at radius 1 is 1.12 bits per heavy atom. The van der Waals surface area contributed by atoms with E-state index >= 15 is 0 Å². The zero-order chi connectivity index (χ0) is 17.5. The number of hydrogen-bond acceptors (Lipinski definition) is 4. The predicted octanol–water partition coefficient (Wildman–Crippen LogP) is 4.11. The average Bonchev–Trinajstić information content (AvgIpc) is 2.64. The molecule has 0 bridgehead atoms. The molecule has 0 saturated carbocycles. The number of rotatable bonds is 6. The zero-order valence-corrected chi connectivity index (χ0v) is 15.5. The topological polar surface area (TPSA) is 32.3 Å². The molecular formula is C19H21FN2OS2. The summed E-state index contributed by atoms with van der Waals surface area (Å²) < 4.78 is 12.9. The van der Waals surface area contributed by atoms with E-state index in [1.54, 1.807) is 12.1 Å². The van der Waals surface area contributed by atoms with Gasteiger partial charge >= 0.3 is 0 Å². The number of anilines is 1. The summed E-state index contributed by atoms with van der Waals surface area (Å²) >= 11 is 3.40. The fourth-order valence-electron chi connectivity index (χ4n) is 2.65. The molecular weight excluding hydrogens is 355 g/mol. The van der Waals surface area contributed by atoms with E-state index in [1.165, 1.54) is 35.4 Å². The number of para-hydroxylation sites is 1. The third kappa shape index (κ3) is 5.76. The zero-order valence-electron chi connectivity index (χ0n) is 13.9. The summed E-state index contributed by atoms with van der Waals surface area (Å²) in [6, 6.07) is 14.2. The first-order valence-electron chi connectivity index (χ1n) is 8.27. The molecule has 0 aromatic heterocycles. The third-order valence-electron chi connectivity index (χ3n) is 3.97. The lowest BCUT2D eigenvalue weighted by molar-refractivity contribution is -0.113. The number of nitrogens with one attached hydrogen (secondary N) is 1. The van der Waals surface area contributed by atoms with Gasteiger partial charge in [-0.1, -0.05) is 18.2 Å². The Hall–Kier alpha value is -1.50. The molecule has 3 nitrogen and oxygen atoms in total.